The normalized spacial score (nSPS) is 25.5. The van der Waals surface area contributed by atoms with Gasteiger partial charge < -0.3 is 4.74 Å². The highest BCUT2D eigenvalue weighted by molar-refractivity contribution is 6.83. The van der Waals surface area contributed by atoms with Gasteiger partial charge in [0, 0.05) is 12.0 Å². The van der Waals surface area contributed by atoms with Crippen LogP contribution in [0.2, 0.25) is 19.6 Å². The SMILES string of the molecule is CC[C@H]1C=CC(=O)O[C@H]1C#C[Si](C)(C)C. The van der Waals surface area contributed by atoms with Crippen molar-refractivity contribution in [2.45, 2.75) is 39.1 Å². The summed E-state index contributed by atoms with van der Waals surface area (Å²) in [4.78, 5) is 11.1. The fourth-order valence-electron chi connectivity index (χ4n) is 1.33. The van der Waals surface area contributed by atoms with Crippen molar-refractivity contribution in [3.8, 4) is 11.5 Å². The van der Waals surface area contributed by atoms with Crippen molar-refractivity contribution >= 4 is 14.0 Å². The molecule has 0 aromatic rings. The van der Waals surface area contributed by atoms with Crippen molar-refractivity contribution < 1.29 is 9.53 Å². The molecule has 15 heavy (non-hydrogen) atoms. The molecule has 1 aliphatic heterocycles. The lowest BCUT2D eigenvalue weighted by Crippen LogP contribution is -2.28. The molecule has 0 aromatic carbocycles. The van der Waals surface area contributed by atoms with Gasteiger partial charge in [0.2, 0.25) is 0 Å². The molecule has 1 rings (SSSR count). The smallest absolute Gasteiger partial charge is 0.331 e. The number of cyclic esters (lactones) is 1. The van der Waals surface area contributed by atoms with Crippen LogP contribution >= 0.6 is 0 Å². The highest BCUT2D eigenvalue weighted by Crippen LogP contribution is 2.18. The Morgan fingerprint density at radius 2 is 2.13 bits per heavy atom. The Kier molecular flexibility index (Phi) is 3.76. The Hall–Kier alpha value is -1.01. The molecule has 0 saturated carbocycles. The minimum atomic E-state index is -1.38. The summed E-state index contributed by atoms with van der Waals surface area (Å²) >= 11 is 0. The summed E-state index contributed by atoms with van der Waals surface area (Å²) in [7, 11) is -1.38. The molecule has 0 unspecified atom stereocenters. The number of esters is 1. The second-order valence-corrected chi connectivity index (χ2v) is 9.56. The summed E-state index contributed by atoms with van der Waals surface area (Å²) in [6.07, 6.45) is 4.13. The van der Waals surface area contributed by atoms with E-state index in [1.54, 1.807) is 0 Å². The van der Waals surface area contributed by atoms with Gasteiger partial charge in [0.15, 0.2) is 6.10 Å². The molecule has 0 bridgehead atoms. The van der Waals surface area contributed by atoms with E-state index in [0.29, 0.717) is 0 Å². The molecule has 0 amide bonds. The van der Waals surface area contributed by atoms with Gasteiger partial charge in [-0.15, -0.1) is 5.54 Å². The van der Waals surface area contributed by atoms with E-state index in [-0.39, 0.29) is 18.0 Å². The number of rotatable bonds is 1. The van der Waals surface area contributed by atoms with Gasteiger partial charge in [-0.2, -0.15) is 0 Å². The van der Waals surface area contributed by atoms with Crippen LogP contribution in [0.5, 0.6) is 0 Å². The van der Waals surface area contributed by atoms with Crippen LogP contribution in [0.4, 0.5) is 0 Å². The zero-order chi connectivity index (χ0) is 11.5. The van der Waals surface area contributed by atoms with Crippen LogP contribution in [0.15, 0.2) is 12.2 Å². The van der Waals surface area contributed by atoms with Crippen LogP contribution < -0.4 is 0 Å². The van der Waals surface area contributed by atoms with Crippen LogP contribution in [-0.2, 0) is 9.53 Å². The minimum Gasteiger partial charge on any atom is -0.445 e. The van der Waals surface area contributed by atoms with E-state index in [1.807, 2.05) is 6.08 Å². The van der Waals surface area contributed by atoms with Crippen molar-refractivity contribution in [3.63, 3.8) is 0 Å². The molecule has 0 aromatic heterocycles. The molecular weight excluding hydrogens is 204 g/mol. The maximum atomic E-state index is 11.1. The van der Waals surface area contributed by atoms with Crippen LogP contribution in [0.25, 0.3) is 0 Å². The van der Waals surface area contributed by atoms with E-state index in [0.717, 1.165) is 6.42 Å². The average molecular weight is 222 g/mol. The van der Waals surface area contributed by atoms with Gasteiger partial charge in [0.05, 0.1) is 0 Å². The third-order valence-electron chi connectivity index (χ3n) is 2.17. The summed E-state index contributed by atoms with van der Waals surface area (Å²) in [5.41, 5.74) is 3.25. The van der Waals surface area contributed by atoms with Crippen molar-refractivity contribution in [1.82, 2.24) is 0 Å². The third kappa shape index (κ3) is 3.92. The fourth-order valence-corrected chi connectivity index (χ4v) is 1.90. The Bertz CT molecular complexity index is 328. The summed E-state index contributed by atoms with van der Waals surface area (Å²) in [6.45, 7) is 8.63. The molecule has 0 saturated heterocycles. The molecule has 82 valence electrons. The van der Waals surface area contributed by atoms with Crippen molar-refractivity contribution in [3.05, 3.63) is 12.2 Å². The highest BCUT2D eigenvalue weighted by Gasteiger charge is 2.23. The minimum absolute atomic E-state index is 0.237. The monoisotopic (exact) mass is 222 g/mol. The molecule has 1 heterocycles. The molecule has 0 aliphatic carbocycles. The van der Waals surface area contributed by atoms with E-state index in [9.17, 15) is 4.79 Å². The van der Waals surface area contributed by atoms with Crippen molar-refractivity contribution in [2.75, 3.05) is 0 Å². The van der Waals surface area contributed by atoms with E-state index < -0.39 is 8.07 Å². The van der Waals surface area contributed by atoms with Crippen molar-refractivity contribution in [1.29, 1.82) is 0 Å². The van der Waals surface area contributed by atoms with Crippen LogP contribution in [0, 0.1) is 17.4 Å². The quantitative estimate of drug-likeness (QED) is 0.387. The Labute approximate surface area is 92.7 Å². The predicted molar refractivity (Wildman–Crippen MR) is 63.9 cm³/mol. The zero-order valence-electron chi connectivity index (χ0n) is 9.83. The highest BCUT2D eigenvalue weighted by atomic mass is 28.3. The van der Waals surface area contributed by atoms with Gasteiger partial charge in [0.25, 0.3) is 0 Å². The summed E-state index contributed by atoms with van der Waals surface area (Å²) in [5, 5.41) is 0. The molecular formula is C12H18O2Si. The molecule has 3 heteroatoms. The standard InChI is InChI=1S/C12H18O2Si/c1-5-10-6-7-12(13)14-11(10)8-9-15(2,3)4/h6-7,10-11H,5H2,1-4H3/t10-,11-/m0/s1. The summed E-state index contributed by atoms with van der Waals surface area (Å²) in [5.74, 6) is 3.10. The maximum absolute atomic E-state index is 11.1. The molecule has 1 aliphatic rings. The van der Waals surface area contributed by atoms with E-state index in [2.05, 4.69) is 38.0 Å². The van der Waals surface area contributed by atoms with Gasteiger partial charge in [-0.25, -0.2) is 4.79 Å². The lowest BCUT2D eigenvalue weighted by Gasteiger charge is -2.22. The number of carbonyl (C=O) groups excluding carboxylic acids is 1. The number of ether oxygens (including phenoxy) is 1. The van der Waals surface area contributed by atoms with E-state index >= 15 is 0 Å². The van der Waals surface area contributed by atoms with Gasteiger partial charge >= 0.3 is 5.97 Å². The number of carbonyl (C=O) groups is 1. The summed E-state index contributed by atoms with van der Waals surface area (Å²) in [6, 6.07) is 0. The van der Waals surface area contributed by atoms with E-state index in [4.69, 9.17) is 4.74 Å². The lowest BCUT2D eigenvalue weighted by atomic mass is 9.98. The van der Waals surface area contributed by atoms with Gasteiger partial charge in [-0.3, -0.25) is 0 Å². The molecule has 2 atom stereocenters. The first-order chi connectivity index (χ1) is 6.92. The van der Waals surface area contributed by atoms with Crippen LogP contribution in [0.1, 0.15) is 13.3 Å². The lowest BCUT2D eigenvalue weighted by molar-refractivity contribution is -0.143. The number of hydrogen-bond donors (Lipinski definition) is 0. The van der Waals surface area contributed by atoms with Crippen LogP contribution in [-0.4, -0.2) is 20.1 Å². The van der Waals surface area contributed by atoms with Crippen LogP contribution in [0.3, 0.4) is 0 Å². The molecule has 2 nitrogen and oxygen atoms in total. The first kappa shape index (κ1) is 12.1. The van der Waals surface area contributed by atoms with Gasteiger partial charge in [0.1, 0.15) is 8.07 Å². The largest absolute Gasteiger partial charge is 0.445 e. The van der Waals surface area contributed by atoms with E-state index in [1.165, 1.54) is 6.08 Å². The topological polar surface area (TPSA) is 26.3 Å². The first-order valence-corrected chi connectivity index (χ1v) is 8.84. The first-order valence-electron chi connectivity index (χ1n) is 5.34. The maximum Gasteiger partial charge on any atom is 0.331 e. The second kappa shape index (κ2) is 4.67. The Balaban J connectivity index is 2.79. The molecule has 0 spiro atoms. The third-order valence-corrected chi connectivity index (χ3v) is 3.07. The molecule has 0 N–H and O–H groups in total. The molecule has 0 radical (unpaired) electrons. The van der Waals surface area contributed by atoms with Crippen molar-refractivity contribution in [2.24, 2.45) is 5.92 Å². The zero-order valence-corrected chi connectivity index (χ0v) is 10.8. The average Bonchev–Trinajstić information content (AvgIpc) is 2.14. The molecule has 0 fully saturated rings. The van der Waals surface area contributed by atoms with Gasteiger partial charge in [-0.1, -0.05) is 38.6 Å². The number of hydrogen-bond acceptors (Lipinski definition) is 2. The summed E-state index contributed by atoms with van der Waals surface area (Å²) < 4.78 is 5.21. The Morgan fingerprint density at radius 1 is 1.47 bits per heavy atom. The predicted octanol–water partition coefficient (Wildman–Crippen LogP) is 2.38. The Morgan fingerprint density at radius 3 is 2.67 bits per heavy atom. The second-order valence-electron chi connectivity index (χ2n) is 4.81. The fraction of sp³-hybridized carbons (Fsp3) is 0.583. The van der Waals surface area contributed by atoms with Gasteiger partial charge in [-0.05, 0) is 6.42 Å².